The van der Waals surface area contributed by atoms with E-state index in [-0.39, 0.29) is 37.5 Å². The molecule has 1 amide bonds. The fraction of sp³-hybridized carbons (Fsp3) is 0.652. The minimum Gasteiger partial charge on any atom is -0.394 e. The van der Waals surface area contributed by atoms with Gasteiger partial charge in [-0.3, -0.25) is 9.59 Å². The summed E-state index contributed by atoms with van der Waals surface area (Å²) in [6.45, 7) is 0.191. The molecule has 2 heterocycles. The summed E-state index contributed by atoms with van der Waals surface area (Å²) in [6, 6.07) is -0.272. The molecule has 0 saturated heterocycles. The molecule has 0 aromatic carbocycles. The number of aliphatic hydroxyl groups excluding tert-OH is 1. The van der Waals surface area contributed by atoms with Gasteiger partial charge >= 0.3 is 0 Å². The summed E-state index contributed by atoms with van der Waals surface area (Å²) in [5, 5.41) is 20.3. The standard InChI is InChI=1S/C23H31N5O4/c29-15-22(11-12-22)26-20(31)23(9-5-2-6-10-23)32-14-17-13-18(30)28-21(24-17)25-19(27-28)16-7-3-1-4-8-16/h1,3,7,17,29H,2,4-6,8-15H2,(H,26,31)(H,24,25,27). The van der Waals surface area contributed by atoms with Gasteiger partial charge in [0.2, 0.25) is 5.95 Å². The number of anilines is 1. The molecule has 0 bridgehead atoms. The number of carbonyl (C=O) groups is 2. The van der Waals surface area contributed by atoms with Gasteiger partial charge in [-0.2, -0.15) is 9.67 Å². The lowest BCUT2D eigenvalue weighted by molar-refractivity contribution is -0.154. The van der Waals surface area contributed by atoms with Gasteiger partial charge in [-0.25, -0.2) is 0 Å². The Kier molecular flexibility index (Phi) is 5.63. The minimum atomic E-state index is -0.900. The van der Waals surface area contributed by atoms with Gasteiger partial charge in [0.25, 0.3) is 11.8 Å². The molecule has 4 aliphatic rings. The molecule has 2 fully saturated rings. The van der Waals surface area contributed by atoms with Gasteiger partial charge in [0.15, 0.2) is 5.82 Å². The predicted molar refractivity (Wildman–Crippen MR) is 118 cm³/mol. The van der Waals surface area contributed by atoms with Crippen LogP contribution in [0.25, 0.3) is 5.57 Å². The molecule has 1 aliphatic heterocycles. The second-order valence-corrected chi connectivity index (χ2v) is 9.53. The van der Waals surface area contributed by atoms with E-state index in [0.29, 0.717) is 24.6 Å². The second-order valence-electron chi connectivity index (χ2n) is 9.53. The molecule has 3 N–H and O–H groups in total. The third-order valence-electron chi connectivity index (χ3n) is 7.07. The minimum absolute atomic E-state index is 0.0439. The lowest BCUT2D eigenvalue weighted by Crippen LogP contribution is -2.55. The zero-order valence-electron chi connectivity index (χ0n) is 18.3. The Hall–Kier alpha value is -2.52. The first-order valence-electron chi connectivity index (χ1n) is 11.7. The number of nitrogens with zero attached hydrogens (tertiary/aromatic N) is 3. The van der Waals surface area contributed by atoms with Crippen LogP contribution < -0.4 is 10.6 Å². The van der Waals surface area contributed by atoms with Crippen molar-refractivity contribution in [2.24, 2.45) is 0 Å². The number of hydrogen-bond acceptors (Lipinski definition) is 7. The molecular weight excluding hydrogens is 410 g/mol. The first-order valence-corrected chi connectivity index (χ1v) is 11.7. The summed E-state index contributed by atoms with van der Waals surface area (Å²) in [6.07, 6.45) is 13.9. The van der Waals surface area contributed by atoms with E-state index >= 15 is 0 Å². The third kappa shape index (κ3) is 4.11. The average molecular weight is 442 g/mol. The number of ether oxygens (including phenoxy) is 1. The zero-order valence-corrected chi connectivity index (χ0v) is 18.3. The Balaban J connectivity index is 1.27. The molecule has 172 valence electrons. The number of fused-ring (bicyclic) bond motifs is 1. The van der Waals surface area contributed by atoms with E-state index in [1.807, 2.05) is 12.2 Å². The van der Waals surface area contributed by atoms with Crippen LogP contribution in [0.2, 0.25) is 0 Å². The van der Waals surface area contributed by atoms with Crippen molar-refractivity contribution < 1.29 is 19.4 Å². The molecular formula is C23H31N5O4. The van der Waals surface area contributed by atoms with Crippen molar-refractivity contribution in [2.75, 3.05) is 18.5 Å². The molecule has 0 radical (unpaired) electrons. The molecule has 1 aromatic rings. The Labute approximate surface area is 187 Å². The summed E-state index contributed by atoms with van der Waals surface area (Å²) in [4.78, 5) is 30.4. The van der Waals surface area contributed by atoms with E-state index in [2.05, 4.69) is 26.8 Å². The quantitative estimate of drug-likeness (QED) is 0.594. The molecule has 32 heavy (non-hydrogen) atoms. The van der Waals surface area contributed by atoms with Crippen molar-refractivity contribution in [2.45, 2.75) is 81.4 Å². The zero-order chi connectivity index (χ0) is 22.2. The highest BCUT2D eigenvalue weighted by molar-refractivity contribution is 5.86. The molecule has 3 aliphatic carbocycles. The Bertz CT molecular complexity index is 956. The maximum Gasteiger partial charge on any atom is 0.252 e. The largest absolute Gasteiger partial charge is 0.394 e. The van der Waals surface area contributed by atoms with Crippen LogP contribution in [-0.2, 0) is 9.53 Å². The van der Waals surface area contributed by atoms with Crippen LogP contribution in [0.4, 0.5) is 5.95 Å². The third-order valence-corrected chi connectivity index (χ3v) is 7.07. The first kappa shape index (κ1) is 21.3. The van der Waals surface area contributed by atoms with Crippen molar-refractivity contribution in [3.63, 3.8) is 0 Å². The normalized spacial score (nSPS) is 25.5. The number of carbonyl (C=O) groups excluding carboxylic acids is 2. The summed E-state index contributed by atoms with van der Waals surface area (Å²) in [5.41, 5.74) is -0.351. The maximum atomic E-state index is 13.2. The lowest BCUT2D eigenvalue weighted by atomic mass is 9.83. The number of nitrogens with one attached hydrogen (secondary N) is 2. The number of aromatic nitrogens is 3. The summed E-state index contributed by atoms with van der Waals surface area (Å²) in [7, 11) is 0. The lowest BCUT2D eigenvalue weighted by Gasteiger charge is -2.38. The predicted octanol–water partition coefficient (Wildman–Crippen LogP) is 2.20. The molecule has 2 saturated carbocycles. The highest BCUT2D eigenvalue weighted by atomic mass is 16.5. The fourth-order valence-electron chi connectivity index (χ4n) is 4.78. The van der Waals surface area contributed by atoms with Gasteiger partial charge in [0, 0.05) is 0 Å². The molecule has 5 rings (SSSR count). The van der Waals surface area contributed by atoms with Crippen molar-refractivity contribution >= 4 is 23.3 Å². The van der Waals surface area contributed by atoms with Crippen LogP contribution >= 0.6 is 0 Å². The van der Waals surface area contributed by atoms with Crippen LogP contribution in [0.5, 0.6) is 0 Å². The van der Waals surface area contributed by atoms with Crippen molar-refractivity contribution in [3.8, 4) is 0 Å². The van der Waals surface area contributed by atoms with Gasteiger partial charge in [-0.05, 0) is 44.1 Å². The maximum absolute atomic E-state index is 13.2. The van der Waals surface area contributed by atoms with Crippen LogP contribution in [-0.4, -0.2) is 62.1 Å². The average Bonchev–Trinajstić information content (AvgIpc) is 3.46. The molecule has 1 unspecified atom stereocenters. The van der Waals surface area contributed by atoms with Gasteiger partial charge < -0.3 is 20.5 Å². The van der Waals surface area contributed by atoms with Crippen molar-refractivity contribution in [1.29, 1.82) is 0 Å². The van der Waals surface area contributed by atoms with Crippen molar-refractivity contribution in [3.05, 3.63) is 24.1 Å². The van der Waals surface area contributed by atoms with E-state index in [1.165, 1.54) is 4.68 Å². The summed E-state index contributed by atoms with van der Waals surface area (Å²) >= 11 is 0. The van der Waals surface area contributed by atoms with Crippen LogP contribution in [0.3, 0.4) is 0 Å². The monoisotopic (exact) mass is 441 g/mol. The molecule has 9 heteroatoms. The van der Waals surface area contributed by atoms with Crippen LogP contribution in [0.15, 0.2) is 18.2 Å². The summed E-state index contributed by atoms with van der Waals surface area (Å²) < 4.78 is 7.63. The number of allylic oxidation sites excluding steroid dienone is 4. The molecule has 9 nitrogen and oxygen atoms in total. The topological polar surface area (TPSA) is 118 Å². The van der Waals surface area contributed by atoms with Gasteiger partial charge in [0.05, 0.1) is 31.2 Å². The number of hydrogen-bond donors (Lipinski definition) is 3. The SMILES string of the molecule is O=C1CC(COC2(C(=O)NC3(CO)CC3)CCCCC2)Nc2nc(C3=CC=CCC3)nn21. The summed E-state index contributed by atoms with van der Waals surface area (Å²) in [5.74, 6) is 0.749. The van der Waals surface area contributed by atoms with E-state index in [9.17, 15) is 14.7 Å². The van der Waals surface area contributed by atoms with Gasteiger partial charge in [-0.15, -0.1) is 5.10 Å². The van der Waals surface area contributed by atoms with Gasteiger partial charge in [-0.1, -0.05) is 37.5 Å². The van der Waals surface area contributed by atoms with Gasteiger partial charge in [0.1, 0.15) is 5.60 Å². The molecule has 1 atom stereocenters. The Morgan fingerprint density at radius 3 is 2.78 bits per heavy atom. The van der Waals surface area contributed by atoms with E-state index in [4.69, 9.17) is 4.74 Å². The number of aliphatic hydroxyl groups is 1. The Morgan fingerprint density at radius 2 is 2.09 bits per heavy atom. The first-order chi connectivity index (χ1) is 15.5. The fourth-order valence-corrected chi connectivity index (χ4v) is 4.78. The smallest absolute Gasteiger partial charge is 0.252 e. The van der Waals surface area contributed by atoms with Crippen molar-refractivity contribution in [1.82, 2.24) is 20.1 Å². The molecule has 0 spiro atoms. The second kappa shape index (κ2) is 8.44. The number of amides is 1. The van der Waals surface area contributed by atoms with E-state index < -0.39 is 11.1 Å². The van der Waals surface area contributed by atoms with Crippen LogP contribution in [0.1, 0.15) is 74.8 Å². The highest BCUT2D eigenvalue weighted by Crippen LogP contribution is 2.38. The Morgan fingerprint density at radius 1 is 1.28 bits per heavy atom. The van der Waals surface area contributed by atoms with E-state index in [1.54, 1.807) is 0 Å². The van der Waals surface area contributed by atoms with Crippen LogP contribution in [0, 0.1) is 0 Å². The molecule has 1 aromatic heterocycles. The number of rotatable bonds is 7. The van der Waals surface area contributed by atoms with E-state index in [0.717, 1.165) is 50.5 Å². The highest BCUT2D eigenvalue weighted by Gasteiger charge is 2.49.